The van der Waals surface area contributed by atoms with Crippen molar-refractivity contribution < 1.29 is 22.7 Å². The van der Waals surface area contributed by atoms with E-state index in [9.17, 15) is 17.6 Å². The van der Waals surface area contributed by atoms with Crippen LogP contribution >= 0.6 is 0 Å². The van der Waals surface area contributed by atoms with Crippen molar-refractivity contribution in [1.29, 1.82) is 0 Å². The van der Waals surface area contributed by atoms with Crippen LogP contribution in [0.3, 0.4) is 0 Å². The average Bonchev–Trinajstić information content (AvgIpc) is 2.98. The first-order valence-electron chi connectivity index (χ1n) is 5.98. The molecule has 1 aromatic carbocycles. The summed E-state index contributed by atoms with van der Waals surface area (Å²) in [6.07, 6.45) is 1.08. The second-order valence-electron chi connectivity index (χ2n) is 5.19. The summed E-state index contributed by atoms with van der Waals surface area (Å²) in [5.74, 6) is -2.09. The number of hydrogen-bond acceptors (Lipinski definition) is 3. The monoisotopic (exact) mass is 286 g/mol. The molecule has 0 atom stereocenters. The number of carboxylic acid groups (broad SMARTS) is 1. The zero-order chi connectivity index (χ0) is 14.1. The Kier molecular flexibility index (Phi) is 3.62. The zero-order valence-electron chi connectivity index (χ0n) is 10.3. The van der Waals surface area contributed by atoms with Crippen LogP contribution in [0.1, 0.15) is 24.8 Å². The highest BCUT2D eigenvalue weighted by Gasteiger charge is 2.47. The Morgan fingerprint density at radius 3 is 2.47 bits per heavy atom. The lowest BCUT2D eigenvalue weighted by molar-refractivity contribution is -0.138. The number of aliphatic carboxylic acids is 1. The normalized spacial score (nSPS) is 17.1. The molecule has 1 aromatic rings. The van der Waals surface area contributed by atoms with Crippen molar-refractivity contribution in [2.45, 2.75) is 25.0 Å². The van der Waals surface area contributed by atoms with Crippen LogP contribution in [0.25, 0.3) is 0 Å². The van der Waals surface area contributed by atoms with E-state index in [0.29, 0.717) is 12.8 Å². The molecule has 0 heterocycles. The first-order chi connectivity index (χ1) is 8.82. The molecule has 1 aliphatic carbocycles. The van der Waals surface area contributed by atoms with Crippen LogP contribution in [0.15, 0.2) is 24.3 Å². The fraction of sp³-hybridized carbons (Fsp3) is 0.462. The largest absolute Gasteiger partial charge is 0.481 e. The minimum atomic E-state index is -3.50. The van der Waals surface area contributed by atoms with Crippen molar-refractivity contribution >= 4 is 15.8 Å². The summed E-state index contributed by atoms with van der Waals surface area (Å²) >= 11 is 0. The van der Waals surface area contributed by atoms with Gasteiger partial charge in [-0.1, -0.05) is 18.2 Å². The zero-order valence-corrected chi connectivity index (χ0v) is 11.1. The Balaban J connectivity index is 2.08. The standard InChI is InChI=1S/C13H15FO4S/c14-11-4-2-1-3-10(11)8-19(17,18)9-13(5-6-13)7-12(15)16/h1-4H,5-9H2,(H,15,16). The molecule has 6 heteroatoms. The molecule has 0 aromatic heterocycles. The van der Waals surface area contributed by atoms with Crippen molar-refractivity contribution in [2.24, 2.45) is 5.41 Å². The maximum Gasteiger partial charge on any atom is 0.303 e. The van der Waals surface area contributed by atoms with E-state index < -0.39 is 27.0 Å². The van der Waals surface area contributed by atoms with E-state index in [-0.39, 0.29) is 23.5 Å². The third kappa shape index (κ3) is 3.76. The SMILES string of the molecule is O=C(O)CC1(CS(=O)(=O)Cc2ccccc2F)CC1. The number of rotatable bonds is 6. The molecule has 1 fully saturated rings. The molecular formula is C13H15FO4S. The molecule has 0 spiro atoms. The van der Waals surface area contributed by atoms with E-state index in [1.165, 1.54) is 18.2 Å². The van der Waals surface area contributed by atoms with Crippen molar-refractivity contribution in [1.82, 2.24) is 0 Å². The Labute approximate surface area is 111 Å². The van der Waals surface area contributed by atoms with Crippen LogP contribution in [-0.2, 0) is 20.4 Å². The minimum absolute atomic E-state index is 0.133. The fourth-order valence-corrected chi connectivity index (χ4v) is 4.37. The van der Waals surface area contributed by atoms with E-state index in [0.717, 1.165) is 0 Å². The number of carbonyl (C=O) groups is 1. The Morgan fingerprint density at radius 1 is 1.32 bits per heavy atom. The van der Waals surface area contributed by atoms with Gasteiger partial charge in [0.15, 0.2) is 9.84 Å². The van der Waals surface area contributed by atoms with Crippen molar-refractivity contribution in [2.75, 3.05) is 5.75 Å². The highest BCUT2D eigenvalue weighted by atomic mass is 32.2. The van der Waals surface area contributed by atoms with Gasteiger partial charge >= 0.3 is 5.97 Å². The third-order valence-electron chi connectivity index (χ3n) is 3.34. The molecule has 0 saturated heterocycles. The number of benzene rings is 1. The van der Waals surface area contributed by atoms with E-state index in [2.05, 4.69) is 0 Å². The minimum Gasteiger partial charge on any atom is -0.481 e. The van der Waals surface area contributed by atoms with Gasteiger partial charge in [0.2, 0.25) is 0 Å². The van der Waals surface area contributed by atoms with Crippen LogP contribution in [0.4, 0.5) is 4.39 Å². The van der Waals surface area contributed by atoms with Crippen LogP contribution in [-0.4, -0.2) is 25.2 Å². The molecule has 0 unspecified atom stereocenters. The summed E-state index contributed by atoms with van der Waals surface area (Å²) < 4.78 is 37.5. The summed E-state index contributed by atoms with van der Waals surface area (Å²) in [7, 11) is -3.50. The van der Waals surface area contributed by atoms with Gasteiger partial charge in [-0.25, -0.2) is 12.8 Å². The maximum absolute atomic E-state index is 13.4. The lowest BCUT2D eigenvalue weighted by Crippen LogP contribution is -2.22. The average molecular weight is 286 g/mol. The topological polar surface area (TPSA) is 71.4 Å². The molecule has 1 N–H and O–H groups in total. The molecule has 104 valence electrons. The third-order valence-corrected chi connectivity index (χ3v) is 5.15. The van der Waals surface area contributed by atoms with Gasteiger partial charge in [0.05, 0.1) is 17.9 Å². The fourth-order valence-electron chi connectivity index (χ4n) is 2.24. The molecular weight excluding hydrogens is 271 g/mol. The Hall–Kier alpha value is -1.43. The Morgan fingerprint density at radius 2 is 1.95 bits per heavy atom. The second-order valence-corrected chi connectivity index (χ2v) is 7.26. The number of halogens is 1. The van der Waals surface area contributed by atoms with E-state index in [4.69, 9.17) is 5.11 Å². The second kappa shape index (κ2) is 4.92. The Bertz CT molecular complexity index is 590. The molecule has 0 amide bonds. The van der Waals surface area contributed by atoms with Gasteiger partial charge in [-0.15, -0.1) is 0 Å². The first-order valence-corrected chi connectivity index (χ1v) is 7.80. The van der Waals surface area contributed by atoms with Crippen molar-refractivity contribution in [3.63, 3.8) is 0 Å². The molecule has 1 saturated carbocycles. The van der Waals surface area contributed by atoms with Crippen LogP contribution in [0, 0.1) is 11.2 Å². The van der Waals surface area contributed by atoms with Crippen molar-refractivity contribution in [3.05, 3.63) is 35.6 Å². The summed E-state index contributed by atoms with van der Waals surface area (Å²) in [5.41, 5.74) is -0.496. The van der Waals surface area contributed by atoms with Crippen LogP contribution < -0.4 is 0 Å². The first kappa shape index (κ1) is 14.0. The van der Waals surface area contributed by atoms with Crippen molar-refractivity contribution in [3.8, 4) is 0 Å². The van der Waals surface area contributed by atoms with E-state index >= 15 is 0 Å². The smallest absolute Gasteiger partial charge is 0.303 e. The van der Waals surface area contributed by atoms with E-state index in [1.54, 1.807) is 6.07 Å². The predicted molar refractivity (Wildman–Crippen MR) is 67.8 cm³/mol. The van der Waals surface area contributed by atoms with Gasteiger partial charge < -0.3 is 5.11 Å². The number of carboxylic acids is 1. The van der Waals surface area contributed by atoms with Gasteiger partial charge in [-0.3, -0.25) is 4.79 Å². The van der Waals surface area contributed by atoms with Gasteiger partial charge in [0.25, 0.3) is 0 Å². The van der Waals surface area contributed by atoms with Gasteiger partial charge in [-0.05, 0) is 24.3 Å². The predicted octanol–water partition coefficient (Wildman–Crippen LogP) is 2.00. The van der Waals surface area contributed by atoms with Gasteiger partial charge in [0, 0.05) is 5.56 Å². The maximum atomic E-state index is 13.4. The summed E-state index contributed by atoms with van der Waals surface area (Å²) in [6.45, 7) is 0. The van der Waals surface area contributed by atoms with Crippen LogP contribution in [0.5, 0.6) is 0 Å². The van der Waals surface area contributed by atoms with Gasteiger partial charge in [0.1, 0.15) is 5.82 Å². The quantitative estimate of drug-likeness (QED) is 0.868. The van der Waals surface area contributed by atoms with Gasteiger partial charge in [-0.2, -0.15) is 0 Å². The highest BCUT2D eigenvalue weighted by Crippen LogP contribution is 2.50. The van der Waals surface area contributed by atoms with E-state index in [1.807, 2.05) is 0 Å². The summed E-state index contributed by atoms with van der Waals surface area (Å²) in [5, 5.41) is 8.76. The molecule has 0 bridgehead atoms. The lowest BCUT2D eigenvalue weighted by atomic mass is 10.1. The molecule has 0 aliphatic heterocycles. The molecule has 4 nitrogen and oxygen atoms in total. The molecule has 1 aliphatic rings. The number of hydrogen-bond donors (Lipinski definition) is 1. The summed E-state index contributed by atoms with van der Waals surface area (Å²) in [4.78, 5) is 10.7. The number of sulfone groups is 1. The summed E-state index contributed by atoms with van der Waals surface area (Å²) in [6, 6.07) is 5.73. The van der Waals surface area contributed by atoms with Crippen LogP contribution in [0.2, 0.25) is 0 Å². The molecule has 2 rings (SSSR count). The highest BCUT2D eigenvalue weighted by molar-refractivity contribution is 7.90. The molecule has 0 radical (unpaired) electrons. The lowest BCUT2D eigenvalue weighted by Gasteiger charge is -2.13. The molecule has 19 heavy (non-hydrogen) atoms.